The van der Waals surface area contributed by atoms with Crippen molar-refractivity contribution in [1.82, 2.24) is 0 Å². The molecular weight excluding hydrogens is 446 g/mol. The Hall–Kier alpha value is -4.56. The summed E-state index contributed by atoms with van der Waals surface area (Å²) in [5.74, 6) is -0.422. The average Bonchev–Trinajstić information content (AvgIpc) is 2.93. The predicted octanol–water partition coefficient (Wildman–Crippen LogP) is 9.99. The summed E-state index contributed by atoms with van der Waals surface area (Å²) < 4.78 is 29.7. The number of hydrogen-bond donors (Lipinski definition) is 0. The van der Waals surface area contributed by atoms with Gasteiger partial charge in [0.15, 0.2) is 0 Å². The minimum atomic E-state index is -0.219. The first kappa shape index (κ1) is 19.7. The predicted molar refractivity (Wildman–Crippen MR) is 148 cm³/mol. The summed E-state index contributed by atoms with van der Waals surface area (Å²) in [6.07, 6.45) is 0. The van der Waals surface area contributed by atoms with E-state index in [-0.39, 0.29) is 11.6 Å². The zero-order chi connectivity index (χ0) is 24.0. The van der Waals surface area contributed by atoms with Crippen molar-refractivity contribution < 1.29 is 8.78 Å². The zero-order valence-corrected chi connectivity index (χ0v) is 19.1. The maximum absolute atomic E-state index is 14.9. The van der Waals surface area contributed by atoms with Gasteiger partial charge in [0.25, 0.3) is 0 Å². The number of rotatable bonds is 1. The van der Waals surface area contributed by atoms with E-state index in [2.05, 4.69) is 48.5 Å². The lowest BCUT2D eigenvalue weighted by Gasteiger charge is -2.20. The summed E-state index contributed by atoms with van der Waals surface area (Å²) in [6, 6.07) is 35.3. The van der Waals surface area contributed by atoms with Crippen molar-refractivity contribution in [1.29, 1.82) is 0 Å². The van der Waals surface area contributed by atoms with Gasteiger partial charge in [-0.1, -0.05) is 97.1 Å². The Morgan fingerprint density at radius 2 is 0.806 bits per heavy atom. The monoisotopic (exact) mass is 464 g/mol. The van der Waals surface area contributed by atoms with E-state index in [0.717, 1.165) is 65.0 Å². The van der Waals surface area contributed by atoms with E-state index in [1.807, 2.05) is 48.5 Å². The van der Waals surface area contributed by atoms with Gasteiger partial charge >= 0.3 is 0 Å². The highest BCUT2D eigenvalue weighted by Crippen LogP contribution is 2.48. The SMILES string of the molecule is Fc1ccc(-c2c3ccccc3c3c4ccc(F)c5cccc(c6cccc2c63)c54)c2ccccc12. The molecule has 0 amide bonds. The molecule has 0 atom stereocenters. The average molecular weight is 465 g/mol. The second-order valence-electron chi connectivity index (χ2n) is 9.49. The van der Waals surface area contributed by atoms with Gasteiger partial charge in [-0.2, -0.15) is 0 Å². The van der Waals surface area contributed by atoms with Gasteiger partial charge in [-0.25, -0.2) is 8.78 Å². The third-order valence-corrected chi connectivity index (χ3v) is 7.74. The van der Waals surface area contributed by atoms with Gasteiger partial charge in [0.05, 0.1) is 0 Å². The molecule has 8 aromatic carbocycles. The van der Waals surface area contributed by atoms with E-state index in [1.165, 1.54) is 0 Å². The first-order chi connectivity index (χ1) is 17.7. The van der Waals surface area contributed by atoms with E-state index in [9.17, 15) is 8.78 Å². The molecule has 0 N–H and O–H groups in total. The van der Waals surface area contributed by atoms with E-state index < -0.39 is 0 Å². The highest BCUT2D eigenvalue weighted by atomic mass is 19.1. The third kappa shape index (κ3) is 2.41. The topological polar surface area (TPSA) is 0 Å². The number of fused-ring (bicyclic) bond motifs is 5. The summed E-state index contributed by atoms with van der Waals surface area (Å²) in [4.78, 5) is 0. The number of halogens is 2. The standard InChI is InChI=1S/C34H18F2/c35-29-17-15-25(19-7-1-2-8-20(19)29)31-21-9-3-4-10-23(21)34-28-16-18-30(36)26-13-5-11-22(32(26)28)24-12-6-14-27(31)33(24)34/h1-18H. The summed E-state index contributed by atoms with van der Waals surface area (Å²) in [5, 5.41) is 11.9. The van der Waals surface area contributed by atoms with E-state index in [0.29, 0.717) is 10.8 Å². The van der Waals surface area contributed by atoms with Crippen LogP contribution in [-0.4, -0.2) is 0 Å². The van der Waals surface area contributed by atoms with Crippen molar-refractivity contribution in [3.05, 3.63) is 121 Å². The van der Waals surface area contributed by atoms with Gasteiger partial charge in [-0.3, -0.25) is 0 Å². The van der Waals surface area contributed by atoms with Crippen LogP contribution in [-0.2, 0) is 0 Å². The van der Waals surface area contributed by atoms with Crippen LogP contribution < -0.4 is 0 Å². The molecule has 0 unspecified atom stereocenters. The molecule has 36 heavy (non-hydrogen) atoms. The lowest BCUT2D eigenvalue weighted by molar-refractivity contribution is 0.639. The van der Waals surface area contributed by atoms with Crippen LogP contribution in [0.25, 0.3) is 75.8 Å². The van der Waals surface area contributed by atoms with Crippen LogP contribution in [0.3, 0.4) is 0 Å². The van der Waals surface area contributed by atoms with Crippen molar-refractivity contribution in [3.8, 4) is 11.1 Å². The van der Waals surface area contributed by atoms with Crippen molar-refractivity contribution >= 4 is 64.6 Å². The van der Waals surface area contributed by atoms with E-state index >= 15 is 0 Å². The van der Waals surface area contributed by atoms with Crippen LogP contribution in [0, 0.1) is 11.6 Å². The Labute approximate surface area is 205 Å². The summed E-state index contributed by atoms with van der Waals surface area (Å²) in [5.41, 5.74) is 2.11. The Bertz CT molecular complexity index is 2170. The summed E-state index contributed by atoms with van der Waals surface area (Å²) in [7, 11) is 0. The first-order valence-electron chi connectivity index (χ1n) is 12.1. The van der Waals surface area contributed by atoms with Gasteiger partial charge in [0.1, 0.15) is 11.6 Å². The highest BCUT2D eigenvalue weighted by Gasteiger charge is 2.21. The molecule has 0 saturated carbocycles. The minimum Gasteiger partial charge on any atom is -0.206 e. The molecule has 2 heteroatoms. The molecule has 0 radical (unpaired) electrons. The van der Waals surface area contributed by atoms with Gasteiger partial charge in [0.2, 0.25) is 0 Å². The zero-order valence-electron chi connectivity index (χ0n) is 19.1. The van der Waals surface area contributed by atoms with Crippen LogP contribution in [0.2, 0.25) is 0 Å². The fourth-order valence-corrected chi connectivity index (χ4v) is 6.31. The van der Waals surface area contributed by atoms with Gasteiger partial charge < -0.3 is 0 Å². The van der Waals surface area contributed by atoms with Crippen LogP contribution in [0.1, 0.15) is 0 Å². The van der Waals surface area contributed by atoms with Crippen molar-refractivity contribution in [2.75, 3.05) is 0 Å². The van der Waals surface area contributed by atoms with Gasteiger partial charge in [0, 0.05) is 16.2 Å². The van der Waals surface area contributed by atoms with Gasteiger partial charge in [-0.05, 0) is 71.7 Å². The largest absolute Gasteiger partial charge is 0.206 e. The normalized spacial score (nSPS) is 12.2. The molecule has 0 spiro atoms. The number of benzene rings is 8. The fraction of sp³-hybridized carbons (Fsp3) is 0. The molecular formula is C34H18F2. The molecule has 0 aliphatic heterocycles. The first-order valence-corrected chi connectivity index (χ1v) is 12.1. The molecule has 0 heterocycles. The molecule has 8 aromatic rings. The van der Waals surface area contributed by atoms with Crippen LogP contribution in [0.4, 0.5) is 8.78 Å². The molecule has 0 nitrogen and oxygen atoms in total. The second kappa shape index (κ2) is 6.99. The summed E-state index contributed by atoms with van der Waals surface area (Å²) in [6.45, 7) is 0. The van der Waals surface area contributed by atoms with Crippen molar-refractivity contribution in [3.63, 3.8) is 0 Å². The molecule has 0 fully saturated rings. The maximum atomic E-state index is 14.9. The Balaban J connectivity index is 1.71. The maximum Gasteiger partial charge on any atom is 0.131 e. The van der Waals surface area contributed by atoms with Crippen LogP contribution in [0.15, 0.2) is 109 Å². The third-order valence-electron chi connectivity index (χ3n) is 7.74. The van der Waals surface area contributed by atoms with E-state index in [4.69, 9.17) is 0 Å². The Morgan fingerprint density at radius 3 is 1.61 bits per heavy atom. The van der Waals surface area contributed by atoms with Crippen LogP contribution in [0.5, 0.6) is 0 Å². The smallest absolute Gasteiger partial charge is 0.131 e. The Kier molecular flexibility index (Phi) is 3.83. The lowest BCUT2D eigenvalue weighted by Crippen LogP contribution is -1.93. The summed E-state index contributed by atoms with van der Waals surface area (Å²) >= 11 is 0. The lowest BCUT2D eigenvalue weighted by atomic mass is 9.82. The quantitative estimate of drug-likeness (QED) is 0.167. The second-order valence-corrected chi connectivity index (χ2v) is 9.49. The van der Waals surface area contributed by atoms with Gasteiger partial charge in [-0.15, -0.1) is 0 Å². The van der Waals surface area contributed by atoms with Crippen molar-refractivity contribution in [2.45, 2.75) is 0 Å². The molecule has 0 aliphatic carbocycles. The number of hydrogen-bond acceptors (Lipinski definition) is 0. The molecule has 0 saturated heterocycles. The fourth-order valence-electron chi connectivity index (χ4n) is 6.31. The molecule has 0 bridgehead atoms. The highest BCUT2D eigenvalue weighted by molar-refractivity contribution is 6.40. The Morgan fingerprint density at radius 1 is 0.306 bits per heavy atom. The molecule has 8 rings (SSSR count). The molecule has 0 aliphatic rings. The molecule has 168 valence electrons. The van der Waals surface area contributed by atoms with E-state index in [1.54, 1.807) is 12.1 Å². The molecule has 0 aromatic heterocycles. The van der Waals surface area contributed by atoms with Crippen molar-refractivity contribution in [2.24, 2.45) is 0 Å². The van der Waals surface area contributed by atoms with Crippen LogP contribution >= 0.6 is 0 Å². The minimum absolute atomic E-state index is 0.204.